The highest BCUT2D eigenvalue weighted by molar-refractivity contribution is 5.89. The van der Waals surface area contributed by atoms with Crippen molar-refractivity contribution in [1.29, 1.82) is 21.2 Å². The van der Waals surface area contributed by atoms with Gasteiger partial charge in [0.2, 0.25) is 17.1 Å². The lowest BCUT2D eigenvalue weighted by Gasteiger charge is -2.48. The molecule has 2 aliphatic heterocycles. The molecule has 2 aliphatic rings. The maximum atomic E-state index is 10.00. The first kappa shape index (κ1) is 17.0. The smallest absolute Gasteiger partial charge is 0.217 e. The van der Waals surface area contributed by atoms with Gasteiger partial charge in [-0.1, -0.05) is 43.7 Å². The van der Waals surface area contributed by atoms with Crippen molar-refractivity contribution in [3.05, 3.63) is 35.4 Å². The zero-order valence-electron chi connectivity index (χ0n) is 14.3. The molecule has 2 heterocycles. The fraction of sp³-hybridized carbons (Fsp3) is 0.474. The number of nitriles is 3. The summed E-state index contributed by atoms with van der Waals surface area (Å²) in [4.78, 5) is 0. The van der Waals surface area contributed by atoms with Gasteiger partial charge in [-0.15, -0.1) is 0 Å². The Morgan fingerprint density at radius 3 is 2.20 bits per heavy atom. The normalized spacial score (nSPS) is 35.1. The standard InChI is InChI=1S/C19H18N4O2/c1-4-19-13(3)18(11-22,16(23)25-19)17(9-20,10-21)15(24-19)14-7-5-12(2)6-8-14/h5-8,13,15,23H,4H2,1-3H3/t13-,15-,18+,19+/m0/s1. The Morgan fingerprint density at radius 1 is 1.12 bits per heavy atom. The van der Waals surface area contributed by atoms with Crippen LogP contribution in [0, 0.1) is 63.1 Å². The van der Waals surface area contributed by atoms with E-state index in [4.69, 9.17) is 14.9 Å². The minimum atomic E-state index is -1.87. The number of benzene rings is 1. The SMILES string of the molecule is CC[C@@]12OC(=N)[C@@](C#N)([C@@H]1C)C(C#N)(C#N)[C@H](c1ccc(C)cc1)O2. The van der Waals surface area contributed by atoms with E-state index < -0.39 is 28.6 Å². The van der Waals surface area contributed by atoms with Gasteiger partial charge in [0.15, 0.2) is 5.41 Å². The van der Waals surface area contributed by atoms with Gasteiger partial charge in [0.25, 0.3) is 0 Å². The maximum absolute atomic E-state index is 10.00. The summed E-state index contributed by atoms with van der Waals surface area (Å²) in [7, 11) is 0. The van der Waals surface area contributed by atoms with Crippen LogP contribution in [0.15, 0.2) is 24.3 Å². The van der Waals surface area contributed by atoms with Crippen LogP contribution in [0.4, 0.5) is 0 Å². The predicted octanol–water partition coefficient (Wildman–Crippen LogP) is 3.36. The molecular weight excluding hydrogens is 316 g/mol. The van der Waals surface area contributed by atoms with Gasteiger partial charge in [-0.2, -0.15) is 15.8 Å². The third kappa shape index (κ3) is 1.77. The highest BCUT2D eigenvalue weighted by atomic mass is 16.7. The summed E-state index contributed by atoms with van der Waals surface area (Å²) in [6.07, 6.45) is -0.586. The number of fused-ring (bicyclic) bond motifs is 2. The zero-order valence-corrected chi connectivity index (χ0v) is 14.3. The molecule has 6 nitrogen and oxygen atoms in total. The van der Waals surface area contributed by atoms with E-state index in [-0.39, 0.29) is 5.90 Å². The second-order valence-corrected chi connectivity index (χ2v) is 6.68. The first-order chi connectivity index (χ1) is 11.9. The van der Waals surface area contributed by atoms with Crippen molar-refractivity contribution in [2.24, 2.45) is 16.7 Å². The fourth-order valence-electron chi connectivity index (χ4n) is 4.08. The monoisotopic (exact) mass is 334 g/mol. The molecule has 2 fully saturated rings. The summed E-state index contributed by atoms with van der Waals surface area (Å²) >= 11 is 0. The molecule has 1 aromatic carbocycles. The summed E-state index contributed by atoms with van der Waals surface area (Å²) in [5, 5.41) is 38.3. The third-order valence-electron chi connectivity index (χ3n) is 5.68. The molecule has 0 aromatic heterocycles. The molecule has 4 atom stereocenters. The lowest BCUT2D eigenvalue weighted by molar-refractivity contribution is -0.280. The Morgan fingerprint density at radius 2 is 1.72 bits per heavy atom. The van der Waals surface area contributed by atoms with Gasteiger partial charge in [-0.3, -0.25) is 5.41 Å². The maximum Gasteiger partial charge on any atom is 0.217 e. The van der Waals surface area contributed by atoms with Crippen LogP contribution < -0.4 is 0 Å². The molecule has 0 spiro atoms. The summed E-state index contributed by atoms with van der Waals surface area (Å²) in [5.41, 5.74) is -1.90. The van der Waals surface area contributed by atoms with Crippen LogP contribution in [-0.4, -0.2) is 11.7 Å². The van der Waals surface area contributed by atoms with Crippen molar-refractivity contribution in [3.8, 4) is 18.2 Å². The Labute approximate surface area is 146 Å². The van der Waals surface area contributed by atoms with E-state index in [1.54, 1.807) is 19.1 Å². The van der Waals surface area contributed by atoms with Crippen molar-refractivity contribution in [3.63, 3.8) is 0 Å². The Balaban J connectivity index is 2.32. The molecule has 2 saturated heterocycles. The Hall–Kier alpha value is -2.88. The quantitative estimate of drug-likeness (QED) is 0.890. The summed E-state index contributed by atoms with van der Waals surface area (Å²) in [6, 6.07) is 13.4. The number of nitrogens with one attached hydrogen (secondary N) is 1. The summed E-state index contributed by atoms with van der Waals surface area (Å²) < 4.78 is 11.9. The van der Waals surface area contributed by atoms with Crippen molar-refractivity contribution in [1.82, 2.24) is 0 Å². The van der Waals surface area contributed by atoms with Crippen molar-refractivity contribution in [2.75, 3.05) is 0 Å². The lowest BCUT2D eigenvalue weighted by atomic mass is 9.53. The number of hydrogen-bond donors (Lipinski definition) is 1. The van der Waals surface area contributed by atoms with E-state index in [9.17, 15) is 15.8 Å². The van der Waals surface area contributed by atoms with Crippen LogP contribution in [0.25, 0.3) is 0 Å². The fourth-order valence-corrected chi connectivity index (χ4v) is 4.08. The lowest BCUT2D eigenvalue weighted by Crippen LogP contribution is -2.58. The van der Waals surface area contributed by atoms with Gasteiger partial charge in [0, 0.05) is 6.42 Å². The molecule has 25 heavy (non-hydrogen) atoms. The first-order valence-electron chi connectivity index (χ1n) is 8.13. The van der Waals surface area contributed by atoms with Crippen molar-refractivity contribution in [2.45, 2.75) is 39.1 Å². The number of ether oxygens (including phenoxy) is 2. The van der Waals surface area contributed by atoms with Gasteiger partial charge in [-0.05, 0) is 12.5 Å². The van der Waals surface area contributed by atoms with Crippen LogP contribution in [-0.2, 0) is 9.47 Å². The highest BCUT2D eigenvalue weighted by Crippen LogP contribution is 2.66. The van der Waals surface area contributed by atoms with Gasteiger partial charge in [-0.25, -0.2) is 0 Å². The third-order valence-corrected chi connectivity index (χ3v) is 5.68. The molecule has 2 bridgehead atoms. The largest absolute Gasteiger partial charge is 0.447 e. The van der Waals surface area contributed by atoms with Crippen LogP contribution in [0.3, 0.4) is 0 Å². The Bertz CT molecular complexity index is 843. The Kier molecular flexibility index (Phi) is 3.60. The molecule has 0 amide bonds. The highest BCUT2D eigenvalue weighted by Gasteiger charge is 2.78. The molecule has 0 radical (unpaired) electrons. The number of nitrogens with zero attached hydrogens (tertiary/aromatic N) is 3. The molecule has 1 aromatic rings. The average molecular weight is 334 g/mol. The second-order valence-electron chi connectivity index (χ2n) is 6.68. The minimum absolute atomic E-state index is 0.359. The van der Waals surface area contributed by atoms with Gasteiger partial charge in [0.1, 0.15) is 6.10 Å². The molecule has 3 rings (SSSR count). The van der Waals surface area contributed by atoms with E-state index in [1.165, 1.54) is 0 Å². The van der Waals surface area contributed by atoms with E-state index in [1.807, 2.05) is 38.1 Å². The average Bonchev–Trinajstić information content (AvgIpc) is 2.79. The molecule has 1 N–H and O–H groups in total. The molecule has 0 aliphatic carbocycles. The summed E-state index contributed by atoms with van der Waals surface area (Å²) in [6.45, 7) is 5.49. The van der Waals surface area contributed by atoms with Crippen molar-refractivity contribution < 1.29 is 9.47 Å². The minimum Gasteiger partial charge on any atom is -0.447 e. The topological polar surface area (TPSA) is 114 Å². The van der Waals surface area contributed by atoms with Gasteiger partial charge in [0.05, 0.1) is 24.1 Å². The van der Waals surface area contributed by atoms with E-state index >= 15 is 0 Å². The number of hydrogen-bond acceptors (Lipinski definition) is 6. The van der Waals surface area contributed by atoms with Crippen LogP contribution in [0.5, 0.6) is 0 Å². The number of aryl methyl sites for hydroxylation is 1. The van der Waals surface area contributed by atoms with Crippen LogP contribution >= 0.6 is 0 Å². The molecule has 0 unspecified atom stereocenters. The molecule has 0 saturated carbocycles. The zero-order chi connectivity index (χ0) is 18.5. The van der Waals surface area contributed by atoms with E-state index in [0.717, 1.165) is 5.56 Å². The predicted molar refractivity (Wildman–Crippen MR) is 87.7 cm³/mol. The molecule has 126 valence electrons. The van der Waals surface area contributed by atoms with Gasteiger partial charge >= 0.3 is 0 Å². The molecular formula is C19H18N4O2. The van der Waals surface area contributed by atoms with E-state index in [0.29, 0.717) is 12.0 Å². The van der Waals surface area contributed by atoms with Crippen LogP contribution in [0.1, 0.15) is 37.5 Å². The van der Waals surface area contributed by atoms with E-state index in [2.05, 4.69) is 6.07 Å². The number of rotatable bonds is 2. The van der Waals surface area contributed by atoms with Gasteiger partial charge < -0.3 is 9.47 Å². The second kappa shape index (κ2) is 5.31. The first-order valence-corrected chi connectivity index (χ1v) is 8.13. The summed E-state index contributed by atoms with van der Waals surface area (Å²) in [5.74, 6) is -2.18. The van der Waals surface area contributed by atoms with Crippen LogP contribution in [0.2, 0.25) is 0 Å². The van der Waals surface area contributed by atoms with Crippen molar-refractivity contribution >= 4 is 5.90 Å². The molecule has 6 heteroatoms.